The quantitative estimate of drug-likeness (QED) is 0.688. The summed E-state index contributed by atoms with van der Waals surface area (Å²) in [6.07, 6.45) is -4.93. The number of para-hydroxylation sites is 2. The van der Waals surface area contributed by atoms with Crippen molar-refractivity contribution in [1.82, 2.24) is 9.97 Å². The lowest BCUT2D eigenvalue weighted by atomic mass is 10.1. The van der Waals surface area contributed by atoms with E-state index in [4.69, 9.17) is 4.74 Å². The van der Waals surface area contributed by atoms with E-state index >= 15 is 0 Å². The Hall–Kier alpha value is -2.68. The van der Waals surface area contributed by atoms with Crippen LogP contribution in [0.25, 0.3) is 11.0 Å². The summed E-state index contributed by atoms with van der Waals surface area (Å²) in [5, 5.41) is 0. The van der Waals surface area contributed by atoms with Crippen molar-refractivity contribution >= 4 is 20.9 Å². The number of rotatable bonds is 4. The maximum absolute atomic E-state index is 13.4. The predicted molar refractivity (Wildman–Crippen MR) is 88.5 cm³/mol. The van der Waals surface area contributed by atoms with Crippen molar-refractivity contribution in [3.05, 3.63) is 60.3 Å². The Balaban J connectivity index is 1.95. The van der Waals surface area contributed by atoms with E-state index in [1.165, 1.54) is 0 Å². The Morgan fingerprint density at radius 2 is 1.62 bits per heavy atom. The van der Waals surface area contributed by atoms with E-state index in [2.05, 4.69) is 9.97 Å². The van der Waals surface area contributed by atoms with Crippen LogP contribution in [-0.4, -0.2) is 30.8 Å². The highest BCUT2D eigenvalue weighted by atomic mass is 32.2. The fraction of sp³-hybridized carbons (Fsp3) is 0.176. The Bertz CT molecular complexity index is 1040. The summed E-state index contributed by atoms with van der Waals surface area (Å²) in [6.45, 7) is 0. The molecule has 2 aromatic carbocycles. The van der Waals surface area contributed by atoms with Crippen LogP contribution in [0.5, 0.6) is 5.88 Å². The van der Waals surface area contributed by atoms with Gasteiger partial charge in [0, 0.05) is 11.8 Å². The van der Waals surface area contributed by atoms with Gasteiger partial charge in [0.05, 0.1) is 22.1 Å². The molecule has 1 aromatic heterocycles. The number of sulfone groups is 1. The lowest BCUT2D eigenvalue weighted by Gasteiger charge is -2.21. The van der Waals surface area contributed by atoms with Crippen LogP contribution in [0.3, 0.4) is 0 Å². The van der Waals surface area contributed by atoms with Crippen molar-refractivity contribution in [3.8, 4) is 5.88 Å². The first-order valence-corrected chi connectivity index (χ1v) is 9.29. The molecule has 5 nitrogen and oxygen atoms in total. The van der Waals surface area contributed by atoms with Crippen LogP contribution in [0.15, 0.2) is 59.6 Å². The zero-order chi connectivity index (χ0) is 18.9. The fourth-order valence-electron chi connectivity index (χ4n) is 2.33. The minimum Gasteiger partial charge on any atom is -0.459 e. The third-order valence-electron chi connectivity index (χ3n) is 3.57. The third kappa shape index (κ3) is 3.93. The topological polar surface area (TPSA) is 69.2 Å². The second-order valence-electron chi connectivity index (χ2n) is 5.58. The summed E-state index contributed by atoms with van der Waals surface area (Å²) >= 11 is 0. The molecular weight excluding hydrogens is 369 g/mol. The Morgan fingerprint density at radius 3 is 2.19 bits per heavy atom. The van der Waals surface area contributed by atoms with Gasteiger partial charge in [0.25, 0.3) is 0 Å². The van der Waals surface area contributed by atoms with Crippen LogP contribution in [0.1, 0.15) is 11.7 Å². The molecule has 0 bridgehead atoms. The summed E-state index contributed by atoms with van der Waals surface area (Å²) < 4.78 is 68.3. The molecule has 1 heterocycles. The minimum atomic E-state index is -4.72. The number of nitrogens with zero attached hydrogens (tertiary/aromatic N) is 2. The molecule has 1 unspecified atom stereocenters. The van der Waals surface area contributed by atoms with Gasteiger partial charge >= 0.3 is 6.18 Å². The number of fused-ring (bicyclic) bond motifs is 1. The zero-order valence-corrected chi connectivity index (χ0v) is 14.3. The summed E-state index contributed by atoms with van der Waals surface area (Å²) in [5.41, 5.74) is 0.694. The molecule has 9 heteroatoms. The van der Waals surface area contributed by atoms with Crippen LogP contribution >= 0.6 is 0 Å². The van der Waals surface area contributed by atoms with Gasteiger partial charge in [-0.15, -0.1) is 0 Å². The van der Waals surface area contributed by atoms with Crippen LogP contribution in [-0.2, 0) is 9.84 Å². The molecule has 0 spiro atoms. The summed E-state index contributed by atoms with van der Waals surface area (Å²) in [6, 6.07) is 11.1. The summed E-state index contributed by atoms with van der Waals surface area (Å²) in [5.74, 6) is -0.279. The average molecular weight is 382 g/mol. The van der Waals surface area contributed by atoms with Gasteiger partial charge in [0.15, 0.2) is 9.84 Å². The highest BCUT2D eigenvalue weighted by molar-refractivity contribution is 7.90. The van der Waals surface area contributed by atoms with Crippen molar-refractivity contribution in [2.24, 2.45) is 0 Å². The van der Waals surface area contributed by atoms with Gasteiger partial charge in [-0.25, -0.2) is 18.4 Å². The Labute approximate surface area is 147 Å². The molecule has 0 saturated heterocycles. The van der Waals surface area contributed by atoms with Crippen molar-refractivity contribution in [3.63, 3.8) is 0 Å². The molecule has 0 aliphatic rings. The molecule has 0 radical (unpaired) electrons. The molecule has 0 aliphatic carbocycles. The molecule has 0 amide bonds. The lowest BCUT2D eigenvalue weighted by molar-refractivity contribution is -0.198. The second-order valence-corrected chi connectivity index (χ2v) is 7.59. The second kappa shape index (κ2) is 6.56. The summed E-state index contributed by atoms with van der Waals surface area (Å²) in [4.78, 5) is 7.98. The van der Waals surface area contributed by atoms with Gasteiger partial charge in [0.2, 0.25) is 12.0 Å². The minimum absolute atomic E-state index is 0.0762. The molecule has 136 valence electrons. The molecule has 0 fully saturated rings. The molecule has 3 rings (SSSR count). The number of benzene rings is 2. The van der Waals surface area contributed by atoms with E-state index in [0.717, 1.165) is 36.7 Å². The standard InChI is InChI=1S/C17H13F3N2O3S/c1-26(23,24)12-8-6-11(7-9-12)16(17(18,19)20)25-15-10-21-13-4-2-3-5-14(13)22-15/h2-10,16H,1H3. The van der Waals surface area contributed by atoms with E-state index < -0.39 is 22.1 Å². The molecule has 0 N–H and O–H groups in total. The number of halogens is 3. The first-order valence-electron chi connectivity index (χ1n) is 7.40. The van der Waals surface area contributed by atoms with Crippen LogP contribution in [0.2, 0.25) is 0 Å². The maximum Gasteiger partial charge on any atom is 0.429 e. The van der Waals surface area contributed by atoms with Gasteiger partial charge in [0.1, 0.15) is 0 Å². The Kier molecular flexibility index (Phi) is 4.57. The van der Waals surface area contributed by atoms with Gasteiger partial charge in [-0.05, 0) is 24.3 Å². The largest absolute Gasteiger partial charge is 0.459 e. The van der Waals surface area contributed by atoms with E-state index in [9.17, 15) is 21.6 Å². The molecule has 0 saturated carbocycles. The lowest BCUT2D eigenvalue weighted by Crippen LogP contribution is -2.26. The van der Waals surface area contributed by atoms with Gasteiger partial charge < -0.3 is 4.74 Å². The first-order chi connectivity index (χ1) is 12.1. The summed E-state index contributed by atoms with van der Waals surface area (Å²) in [7, 11) is -3.51. The van der Waals surface area contributed by atoms with Crippen LogP contribution in [0, 0.1) is 0 Å². The van der Waals surface area contributed by atoms with Gasteiger partial charge in [-0.1, -0.05) is 24.3 Å². The highest BCUT2D eigenvalue weighted by Gasteiger charge is 2.43. The van der Waals surface area contributed by atoms with E-state index in [1.54, 1.807) is 24.3 Å². The van der Waals surface area contributed by atoms with Crippen molar-refractivity contribution in [1.29, 1.82) is 0 Å². The number of aromatic nitrogens is 2. The van der Waals surface area contributed by atoms with E-state index in [1.807, 2.05) is 0 Å². The Morgan fingerprint density at radius 1 is 1.00 bits per heavy atom. The number of alkyl halides is 3. The highest BCUT2D eigenvalue weighted by Crippen LogP contribution is 2.36. The smallest absolute Gasteiger partial charge is 0.429 e. The predicted octanol–water partition coefficient (Wildman–Crippen LogP) is 3.72. The van der Waals surface area contributed by atoms with Crippen molar-refractivity contribution < 1.29 is 26.3 Å². The van der Waals surface area contributed by atoms with Crippen molar-refractivity contribution in [2.45, 2.75) is 17.2 Å². The molecule has 1 atom stereocenters. The maximum atomic E-state index is 13.4. The molecule has 0 aliphatic heterocycles. The SMILES string of the molecule is CS(=O)(=O)c1ccc(C(Oc2cnc3ccccc3n2)C(F)(F)F)cc1. The molecular formula is C17H13F3N2O3S. The monoisotopic (exact) mass is 382 g/mol. The van der Waals surface area contributed by atoms with Crippen LogP contribution < -0.4 is 4.74 Å². The normalized spacial score (nSPS) is 13.5. The van der Waals surface area contributed by atoms with Crippen LogP contribution in [0.4, 0.5) is 13.2 Å². The van der Waals surface area contributed by atoms with E-state index in [-0.39, 0.29) is 16.3 Å². The van der Waals surface area contributed by atoms with Gasteiger partial charge in [-0.3, -0.25) is 0 Å². The number of hydrogen-bond donors (Lipinski definition) is 0. The fourth-order valence-corrected chi connectivity index (χ4v) is 2.96. The molecule has 3 aromatic rings. The molecule has 26 heavy (non-hydrogen) atoms. The van der Waals surface area contributed by atoms with Crippen molar-refractivity contribution in [2.75, 3.05) is 6.26 Å². The number of hydrogen-bond acceptors (Lipinski definition) is 5. The van der Waals surface area contributed by atoms with Gasteiger partial charge in [-0.2, -0.15) is 13.2 Å². The zero-order valence-electron chi connectivity index (χ0n) is 13.4. The van der Waals surface area contributed by atoms with E-state index in [0.29, 0.717) is 11.0 Å². The number of ether oxygens (including phenoxy) is 1. The average Bonchev–Trinajstić information content (AvgIpc) is 2.58. The third-order valence-corrected chi connectivity index (χ3v) is 4.70. The first kappa shape index (κ1) is 18.1.